The molecule has 1 rings (SSSR count). The van der Waals surface area contributed by atoms with Crippen molar-refractivity contribution in [2.75, 3.05) is 0 Å². The van der Waals surface area contributed by atoms with Gasteiger partial charge < -0.3 is 4.98 Å². The Kier molecular flexibility index (Phi) is 2.08. The van der Waals surface area contributed by atoms with Gasteiger partial charge in [-0.15, -0.1) is 0 Å². The SMILES string of the molecule is CC(C)(C)c1c[nH]c(I)c1. The van der Waals surface area contributed by atoms with E-state index in [1.165, 1.54) is 9.26 Å². The Labute approximate surface area is 75.4 Å². The van der Waals surface area contributed by atoms with Gasteiger partial charge in [0.2, 0.25) is 0 Å². The Morgan fingerprint density at radius 2 is 2.00 bits per heavy atom. The van der Waals surface area contributed by atoms with E-state index in [1.807, 2.05) is 0 Å². The predicted molar refractivity (Wildman–Crippen MR) is 52.2 cm³/mol. The minimum atomic E-state index is 0.278. The molecule has 1 aromatic rings. The van der Waals surface area contributed by atoms with E-state index < -0.39 is 0 Å². The third-order valence-electron chi connectivity index (χ3n) is 1.51. The molecule has 1 N–H and O–H groups in total. The van der Waals surface area contributed by atoms with E-state index in [2.05, 4.69) is 60.6 Å². The van der Waals surface area contributed by atoms with Crippen LogP contribution in [0.3, 0.4) is 0 Å². The largest absolute Gasteiger partial charge is 0.356 e. The molecule has 0 radical (unpaired) electrons. The van der Waals surface area contributed by atoms with E-state index in [0.29, 0.717) is 0 Å². The zero-order chi connectivity index (χ0) is 7.78. The van der Waals surface area contributed by atoms with E-state index in [0.717, 1.165) is 0 Å². The second-order valence-corrected chi connectivity index (χ2v) is 4.65. The number of aromatic nitrogens is 1. The van der Waals surface area contributed by atoms with Crippen molar-refractivity contribution in [2.45, 2.75) is 26.2 Å². The Hall–Kier alpha value is 0.01000. The van der Waals surface area contributed by atoms with Crippen LogP contribution in [0.1, 0.15) is 26.3 Å². The smallest absolute Gasteiger partial charge is 0.0774 e. The van der Waals surface area contributed by atoms with E-state index >= 15 is 0 Å². The Morgan fingerprint density at radius 1 is 1.40 bits per heavy atom. The van der Waals surface area contributed by atoms with Gasteiger partial charge in [0, 0.05) is 6.20 Å². The third kappa shape index (κ3) is 1.75. The fourth-order valence-electron chi connectivity index (χ4n) is 0.800. The lowest BCUT2D eigenvalue weighted by molar-refractivity contribution is 0.591. The summed E-state index contributed by atoms with van der Waals surface area (Å²) in [7, 11) is 0. The summed E-state index contributed by atoms with van der Waals surface area (Å²) < 4.78 is 1.21. The predicted octanol–water partition coefficient (Wildman–Crippen LogP) is 2.92. The number of hydrogen-bond donors (Lipinski definition) is 1. The Bertz CT molecular complexity index is 219. The second kappa shape index (κ2) is 2.57. The highest BCUT2D eigenvalue weighted by atomic mass is 127. The quantitative estimate of drug-likeness (QED) is 0.680. The molecule has 0 saturated heterocycles. The maximum atomic E-state index is 3.16. The third-order valence-corrected chi connectivity index (χ3v) is 2.14. The number of H-pyrrole nitrogens is 1. The van der Waals surface area contributed by atoms with Gasteiger partial charge >= 0.3 is 0 Å². The maximum absolute atomic E-state index is 3.16. The summed E-state index contributed by atoms with van der Waals surface area (Å²) in [5.41, 5.74) is 1.65. The summed E-state index contributed by atoms with van der Waals surface area (Å²) in [6.45, 7) is 6.64. The van der Waals surface area contributed by atoms with Crippen LogP contribution in [0, 0.1) is 3.70 Å². The van der Waals surface area contributed by atoms with Crippen molar-refractivity contribution in [2.24, 2.45) is 0 Å². The Morgan fingerprint density at radius 3 is 2.20 bits per heavy atom. The average Bonchev–Trinajstić information content (AvgIpc) is 2.11. The summed E-state index contributed by atoms with van der Waals surface area (Å²) in [6, 6.07) is 2.18. The van der Waals surface area contributed by atoms with Gasteiger partial charge in [-0.05, 0) is 39.6 Å². The minimum absolute atomic E-state index is 0.278. The van der Waals surface area contributed by atoms with Gasteiger partial charge in [0.1, 0.15) is 0 Å². The molecule has 0 spiro atoms. The lowest BCUT2D eigenvalue weighted by Gasteiger charge is -2.15. The number of aromatic amines is 1. The van der Waals surface area contributed by atoms with Crippen LogP contribution in [0.2, 0.25) is 0 Å². The standard InChI is InChI=1S/C8H12IN/c1-8(2,3)6-4-7(9)10-5-6/h4-5,10H,1-3H3. The molecule has 0 fully saturated rings. The van der Waals surface area contributed by atoms with Crippen LogP contribution in [0.15, 0.2) is 12.3 Å². The maximum Gasteiger partial charge on any atom is 0.0774 e. The molecule has 0 atom stereocenters. The molecule has 0 bridgehead atoms. The molecule has 0 saturated carbocycles. The zero-order valence-electron chi connectivity index (χ0n) is 6.53. The molecule has 0 aliphatic rings. The van der Waals surface area contributed by atoms with Crippen LogP contribution in [0.4, 0.5) is 0 Å². The van der Waals surface area contributed by atoms with Crippen LogP contribution >= 0.6 is 22.6 Å². The van der Waals surface area contributed by atoms with Gasteiger partial charge in [0.05, 0.1) is 3.70 Å². The molecule has 1 aromatic heterocycles. The van der Waals surface area contributed by atoms with Crippen LogP contribution in [0.25, 0.3) is 0 Å². The van der Waals surface area contributed by atoms with Crippen LogP contribution < -0.4 is 0 Å². The van der Waals surface area contributed by atoms with Crippen molar-refractivity contribution in [3.8, 4) is 0 Å². The van der Waals surface area contributed by atoms with E-state index in [9.17, 15) is 0 Å². The summed E-state index contributed by atoms with van der Waals surface area (Å²) in [5.74, 6) is 0. The van der Waals surface area contributed by atoms with Crippen molar-refractivity contribution < 1.29 is 0 Å². The van der Waals surface area contributed by atoms with Crippen LogP contribution in [-0.2, 0) is 5.41 Å². The van der Waals surface area contributed by atoms with Crippen LogP contribution in [-0.4, -0.2) is 4.98 Å². The van der Waals surface area contributed by atoms with E-state index in [4.69, 9.17) is 0 Å². The first-order chi connectivity index (χ1) is 4.50. The zero-order valence-corrected chi connectivity index (χ0v) is 8.69. The topological polar surface area (TPSA) is 15.8 Å². The first kappa shape index (κ1) is 8.11. The van der Waals surface area contributed by atoms with Gasteiger partial charge in [-0.3, -0.25) is 0 Å². The second-order valence-electron chi connectivity index (χ2n) is 3.49. The molecule has 1 heterocycles. The number of nitrogens with one attached hydrogen (secondary N) is 1. The average molecular weight is 249 g/mol. The van der Waals surface area contributed by atoms with Gasteiger partial charge in [0.15, 0.2) is 0 Å². The van der Waals surface area contributed by atoms with Crippen molar-refractivity contribution in [1.29, 1.82) is 0 Å². The summed E-state index contributed by atoms with van der Waals surface area (Å²) >= 11 is 2.29. The number of rotatable bonds is 0. The summed E-state index contributed by atoms with van der Waals surface area (Å²) in [6.07, 6.45) is 2.07. The number of hydrogen-bond acceptors (Lipinski definition) is 0. The molecule has 1 nitrogen and oxygen atoms in total. The lowest BCUT2D eigenvalue weighted by Crippen LogP contribution is -2.09. The minimum Gasteiger partial charge on any atom is -0.356 e. The molecular weight excluding hydrogens is 237 g/mol. The monoisotopic (exact) mass is 249 g/mol. The van der Waals surface area contributed by atoms with Gasteiger partial charge in [-0.2, -0.15) is 0 Å². The van der Waals surface area contributed by atoms with Gasteiger partial charge in [-0.1, -0.05) is 20.8 Å². The van der Waals surface area contributed by atoms with Crippen molar-refractivity contribution in [3.05, 3.63) is 21.5 Å². The molecular formula is C8H12IN. The highest BCUT2D eigenvalue weighted by Gasteiger charge is 2.14. The number of halogens is 1. The summed E-state index contributed by atoms with van der Waals surface area (Å²) in [5, 5.41) is 0. The van der Waals surface area contributed by atoms with Gasteiger partial charge in [0.25, 0.3) is 0 Å². The highest BCUT2D eigenvalue weighted by molar-refractivity contribution is 14.1. The fourth-order valence-corrected chi connectivity index (χ4v) is 1.29. The molecule has 56 valence electrons. The van der Waals surface area contributed by atoms with Crippen molar-refractivity contribution in [1.82, 2.24) is 4.98 Å². The Balaban J connectivity index is 2.96. The molecule has 0 unspecified atom stereocenters. The highest BCUT2D eigenvalue weighted by Crippen LogP contribution is 2.22. The summed E-state index contributed by atoms with van der Waals surface area (Å²) in [4.78, 5) is 3.16. The molecule has 0 aliphatic heterocycles. The van der Waals surface area contributed by atoms with E-state index in [-0.39, 0.29) is 5.41 Å². The molecule has 2 heteroatoms. The van der Waals surface area contributed by atoms with Crippen molar-refractivity contribution in [3.63, 3.8) is 0 Å². The molecule has 0 aromatic carbocycles. The first-order valence-electron chi connectivity index (χ1n) is 3.34. The lowest BCUT2D eigenvalue weighted by atomic mass is 9.89. The van der Waals surface area contributed by atoms with E-state index in [1.54, 1.807) is 0 Å². The van der Waals surface area contributed by atoms with Crippen molar-refractivity contribution >= 4 is 22.6 Å². The molecule has 10 heavy (non-hydrogen) atoms. The normalized spacial score (nSPS) is 12.0. The molecule has 0 aliphatic carbocycles. The first-order valence-corrected chi connectivity index (χ1v) is 4.42. The fraction of sp³-hybridized carbons (Fsp3) is 0.500. The van der Waals surface area contributed by atoms with Crippen LogP contribution in [0.5, 0.6) is 0 Å². The van der Waals surface area contributed by atoms with Gasteiger partial charge in [-0.25, -0.2) is 0 Å². The molecule has 0 amide bonds.